The Hall–Kier alpha value is -3.84. The summed E-state index contributed by atoms with van der Waals surface area (Å²) in [4.78, 5) is 13.2. The summed E-state index contributed by atoms with van der Waals surface area (Å²) < 4.78 is 0. The van der Waals surface area contributed by atoms with Crippen molar-refractivity contribution in [2.24, 2.45) is 0 Å². The second kappa shape index (κ2) is 8.24. The number of carbonyl (C=O) groups is 1. The standard InChI is InChI=1S/C24H20N2O2/c1-17-3-9-21(10-4-17)26(22-11-5-18(2)6-12-22)23-13-7-19(8-14-23)15-20(16-25)24(27)28/h3-15H,1-2H3,(H,27,28)/b20-15-. The van der Waals surface area contributed by atoms with E-state index in [-0.39, 0.29) is 5.57 Å². The van der Waals surface area contributed by atoms with Gasteiger partial charge < -0.3 is 10.0 Å². The van der Waals surface area contributed by atoms with Crippen molar-refractivity contribution < 1.29 is 9.90 Å². The van der Waals surface area contributed by atoms with Crippen LogP contribution in [0.15, 0.2) is 78.4 Å². The van der Waals surface area contributed by atoms with E-state index in [2.05, 4.69) is 67.3 Å². The van der Waals surface area contributed by atoms with Crippen LogP contribution in [0.25, 0.3) is 6.08 Å². The number of hydrogen-bond donors (Lipinski definition) is 1. The van der Waals surface area contributed by atoms with Crippen LogP contribution in [0.4, 0.5) is 17.1 Å². The van der Waals surface area contributed by atoms with Crippen molar-refractivity contribution >= 4 is 29.1 Å². The highest BCUT2D eigenvalue weighted by atomic mass is 16.4. The molecule has 0 atom stereocenters. The Kier molecular flexibility index (Phi) is 5.57. The van der Waals surface area contributed by atoms with E-state index in [0.717, 1.165) is 17.1 Å². The second-order valence-electron chi connectivity index (χ2n) is 6.57. The minimum atomic E-state index is -1.23. The molecule has 3 rings (SSSR count). The van der Waals surface area contributed by atoms with Crippen molar-refractivity contribution in [3.8, 4) is 6.07 Å². The van der Waals surface area contributed by atoms with Crippen LogP contribution in [0.3, 0.4) is 0 Å². The molecule has 0 amide bonds. The fraction of sp³-hybridized carbons (Fsp3) is 0.0833. The molecule has 0 fully saturated rings. The molecule has 1 N–H and O–H groups in total. The van der Waals surface area contributed by atoms with Gasteiger partial charge in [0.15, 0.2) is 0 Å². The molecule has 138 valence electrons. The van der Waals surface area contributed by atoms with Crippen molar-refractivity contribution in [3.63, 3.8) is 0 Å². The predicted octanol–water partition coefficient (Wildman–Crippen LogP) is 5.76. The number of hydrogen-bond acceptors (Lipinski definition) is 3. The summed E-state index contributed by atoms with van der Waals surface area (Å²) in [5, 5.41) is 18.0. The molecule has 4 nitrogen and oxygen atoms in total. The van der Waals surface area contributed by atoms with Crippen molar-refractivity contribution in [2.75, 3.05) is 4.90 Å². The summed E-state index contributed by atoms with van der Waals surface area (Å²) in [6.45, 7) is 4.10. The Bertz CT molecular complexity index is 996. The number of nitrogens with zero attached hydrogens (tertiary/aromatic N) is 2. The zero-order valence-corrected chi connectivity index (χ0v) is 15.8. The number of aryl methyl sites for hydroxylation is 2. The van der Waals surface area contributed by atoms with Gasteiger partial charge in [0, 0.05) is 17.1 Å². The number of nitriles is 1. The molecule has 3 aromatic rings. The number of aliphatic carboxylic acids is 1. The van der Waals surface area contributed by atoms with E-state index in [0.29, 0.717) is 5.56 Å². The van der Waals surface area contributed by atoms with Gasteiger partial charge in [-0.15, -0.1) is 0 Å². The van der Waals surface area contributed by atoms with Crippen molar-refractivity contribution in [2.45, 2.75) is 13.8 Å². The quantitative estimate of drug-likeness (QED) is 0.459. The maximum Gasteiger partial charge on any atom is 0.346 e. The Morgan fingerprint density at radius 3 is 1.57 bits per heavy atom. The molecular formula is C24H20N2O2. The molecule has 0 saturated heterocycles. The average Bonchev–Trinajstić information content (AvgIpc) is 2.70. The fourth-order valence-electron chi connectivity index (χ4n) is 2.86. The van der Waals surface area contributed by atoms with Crippen LogP contribution in [0.1, 0.15) is 16.7 Å². The van der Waals surface area contributed by atoms with Gasteiger partial charge in [-0.1, -0.05) is 47.5 Å². The van der Waals surface area contributed by atoms with Gasteiger partial charge in [0.2, 0.25) is 0 Å². The van der Waals surface area contributed by atoms with Crippen molar-refractivity contribution in [3.05, 3.63) is 95.1 Å². The van der Waals surface area contributed by atoms with E-state index in [1.165, 1.54) is 17.2 Å². The Labute approximate surface area is 164 Å². The summed E-state index contributed by atoms with van der Waals surface area (Å²) >= 11 is 0. The zero-order chi connectivity index (χ0) is 20.1. The molecule has 0 unspecified atom stereocenters. The molecule has 0 spiro atoms. The summed E-state index contributed by atoms with van der Waals surface area (Å²) in [6.07, 6.45) is 1.37. The lowest BCUT2D eigenvalue weighted by atomic mass is 10.1. The molecule has 0 aliphatic carbocycles. The van der Waals surface area contributed by atoms with Crippen molar-refractivity contribution in [1.29, 1.82) is 5.26 Å². The molecule has 0 heterocycles. The van der Waals surface area contributed by atoms with Crippen LogP contribution in [0.2, 0.25) is 0 Å². The molecule has 0 saturated carbocycles. The summed E-state index contributed by atoms with van der Waals surface area (Å²) in [5.41, 5.74) is 5.74. The van der Waals surface area contributed by atoms with Crippen LogP contribution in [0, 0.1) is 25.2 Å². The molecule has 0 aromatic heterocycles. The van der Waals surface area contributed by atoms with Gasteiger partial charge in [0.1, 0.15) is 11.6 Å². The lowest BCUT2D eigenvalue weighted by molar-refractivity contribution is -0.132. The number of rotatable bonds is 5. The first-order valence-electron chi connectivity index (χ1n) is 8.86. The van der Waals surface area contributed by atoms with Gasteiger partial charge in [0.05, 0.1) is 0 Å². The van der Waals surface area contributed by atoms with E-state index in [1.807, 2.05) is 24.3 Å². The van der Waals surface area contributed by atoms with Crippen LogP contribution >= 0.6 is 0 Å². The van der Waals surface area contributed by atoms with Gasteiger partial charge in [0.25, 0.3) is 0 Å². The lowest BCUT2D eigenvalue weighted by Gasteiger charge is -2.25. The normalized spacial score (nSPS) is 11.0. The Morgan fingerprint density at radius 2 is 1.21 bits per heavy atom. The molecule has 3 aromatic carbocycles. The predicted molar refractivity (Wildman–Crippen MR) is 112 cm³/mol. The van der Waals surface area contributed by atoms with E-state index < -0.39 is 5.97 Å². The van der Waals surface area contributed by atoms with E-state index in [9.17, 15) is 4.79 Å². The zero-order valence-electron chi connectivity index (χ0n) is 15.8. The molecule has 0 aliphatic rings. The van der Waals surface area contributed by atoms with Gasteiger partial charge in [-0.3, -0.25) is 0 Å². The number of anilines is 3. The SMILES string of the molecule is Cc1ccc(N(c2ccc(C)cc2)c2ccc(/C=C(/C#N)C(=O)O)cc2)cc1. The molecule has 0 radical (unpaired) electrons. The third-order valence-electron chi connectivity index (χ3n) is 4.40. The number of carboxylic acid groups (broad SMARTS) is 1. The van der Waals surface area contributed by atoms with Gasteiger partial charge in [-0.25, -0.2) is 4.79 Å². The maximum atomic E-state index is 11.0. The van der Waals surface area contributed by atoms with Crippen LogP contribution in [0.5, 0.6) is 0 Å². The highest BCUT2D eigenvalue weighted by molar-refractivity contribution is 5.96. The first-order chi connectivity index (χ1) is 13.5. The average molecular weight is 368 g/mol. The third kappa shape index (κ3) is 4.28. The minimum absolute atomic E-state index is 0.290. The summed E-state index contributed by atoms with van der Waals surface area (Å²) in [7, 11) is 0. The van der Waals surface area contributed by atoms with Crippen LogP contribution in [-0.4, -0.2) is 11.1 Å². The lowest BCUT2D eigenvalue weighted by Crippen LogP contribution is -2.09. The summed E-state index contributed by atoms with van der Waals surface area (Å²) in [6, 6.07) is 25.7. The van der Waals surface area contributed by atoms with Crippen molar-refractivity contribution in [1.82, 2.24) is 0 Å². The first-order valence-corrected chi connectivity index (χ1v) is 8.86. The maximum absolute atomic E-state index is 11.0. The topological polar surface area (TPSA) is 64.3 Å². The van der Waals surface area contributed by atoms with E-state index in [1.54, 1.807) is 6.07 Å². The third-order valence-corrected chi connectivity index (χ3v) is 4.40. The highest BCUT2D eigenvalue weighted by Gasteiger charge is 2.12. The smallest absolute Gasteiger partial charge is 0.346 e. The number of benzene rings is 3. The first kappa shape index (κ1) is 18.9. The highest BCUT2D eigenvalue weighted by Crippen LogP contribution is 2.34. The Balaban J connectivity index is 2.03. The Morgan fingerprint density at radius 1 is 0.821 bits per heavy atom. The molecule has 28 heavy (non-hydrogen) atoms. The van der Waals surface area contributed by atoms with Gasteiger partial charge in [-0.2, -0.15) is 5.26 Å². The number of carboxylic acids is 1. The summed E-state index contributed by atoms with van der Waals surface area (Å²) in [5.74, 6) is -1.23. The van der Waals surface area contributed by atoms with E-state index in [4.69, 9.17) is 10.4 Å². The van der Waals surface area contributed by atoms with Gasteiger partial charge in [-0.05, 0) is 61.9 Å². The molecule has 0 bridgehead atoms. The molecule has 0 aliphatic heterocycles. The van der Waals surface area contributed by atoms with Crippen LogP contribution in [-0.2, 0) is 4.79 Å². The monoisotopic (exact) mass is 368 g/mol. The largest absolute Gasteiger partial charge is 0.477 e. The molecular weight excluding hydrogens is 348 g/mol. The fourth-order valence-corrected chi connectivity index (χ4v) is 2.86. The van der Waals surface area contributed by atoms with E-state index >= 15 is 0 Å². The second-order valence-corrected chi connectivity index (χ2v) is 6.57. The van der Waals surface area contributed by atoms with Gasteiger partial charge >= 0.3 is 5.97 Å². The minimum Gasteiger partial charge on any atom is -0.477 e. The molecule has 4 heteroatoms. The van der Waals surface area contributed by atoms with Crippen LogP contribution < -0.4 is 4.90 Å².